The van der Waals surface area contributed by atoms with Crippen LogP contribution in [0.2, 0.25) is 0 Å². The van der Waals surface area contributed by atoms with Crippen molar-refractivity contribution in [3.05, 3.63) is 30.1 Å². The molecule has 3 rings (SSSR count). The molecule has 1 N–H and O–H groups in total. The molecule has 0 radical (unpaired) electrons. The van der Waals surface area contributed by atoms with Gasteiger partial charge in [-0.25, -0.2) is 0 Å². The van der Waals surface area contributed by atoms with E-state index in [2.05, 4.69) is 45.4 Å². The third-order valence-corrected chi connectivity index (χ3v) is 5.04. The van der Waals surface area contributed by atoms with Crippen LogP contribution in [0.4, 0.5) is 0 Å². The third-order valence-electron chi connectivity index (χ3n) is 5.04. The Morgan fingerprint density at radius 2 is 2.05 bits per heavy atom. The van der Waals surface area contributed by atoms with Crippen molar-refractivity contribution < 1.29 is 0 Å². The quantitative estimate of drug-likeness (QED) is 0.925. The van der Waals surface area contributed by atoms with Crippen molar-refractivity contribution in [1.29, 1.82) is 0 Å². The van der Waals surface area contributed by atoms with E-state index in [9.17, 15) is 0 Å². The van der Waals surface area contributed by atoms with Crippen LogP contribution < -0.4 is 5.32 Å². The Hall–Kier alpha value is -0.970. The molecule has 2 fully saturated rings. The Balaban J connectivity index is 1.73. The van der Waals surface area contributed by atoms with Gasteiger partial charge < -0.3 is 10.2 Å². The van der Waals surface area contributed by atoms with E-state index in [-0.39, 0.29) is 0 Å². The highest BCUT2D eigenvalue weighted by molar-refractivity contribution is 5.15. The van der Waals surface area contributed by atoms with Crippen LogP contribution in [-0.2, 0) is 0 Å². The van der Waals surface area contributed by atoms with Crippen molar-refractivity contribution >= 4 is 0 Å². The number of rotatable bonds is 4. The molecule has 0 bridgehead atoms. The Labute approximate surface area is 134 Å². The van der Waals surface area contributed by atoms with E-state index >= 15 is 0 Å². The predicted octanol–water partition coefficient (Wildman–Crippen LogP) is 2.29. The van der Waals surface area contributed by atoms with Gasteiger partial charge in [0.1, 0.15) is 0 Å². The topological polar surface area (TPSA) is 31.4 Å². The Kier molecular flexibility index (Phi) is 5.82. The van der Waals surface area contributed by atoms with Crippen molar-refractivity contribution in [1.82, 2.24) is 20.1 Å². The largest absolute Gasteiger partial charge is 0.312 e. The molecule has 2 unspecified atom stereocenters. The van der Waals surface area contributed by atoms with E-state index in [0.717, 1.165) is 26.2 Å². The number of nitrogens with one attached hydrogen (secondary N) is 1. The zero-order chi connectivity index (χ0) is 15.2. The molecule has 3 heterocycles. The second-order valence-corrected chi connectivity index (χ2v) is 6.87. The van der Waals surface area contributed by atoms with E-state index in [1.54, 1.807) is 0 Å². The fraction of sp³-hybridized carbons (Fsp3) is 0.722. The van der Waals surface area contributed by atoms with Gasteiger partial charge in [-0.2, -0.15) is 0 Å². The van der Waals surface area contributed by atoms with Gasteiger partial charge in [0.15, 0.2) is 0 Å². The first kappa shape index (κ1) is 15.9. The van der Waals surface area contributed by atoms with Crippen molar-refractivity contribution in [2.45, 2.75) is 44.7 Å². The normalized spacial score (nSPS) is 26.5. The van der Waals surface area contributed by atoms with Crippen LogP contribution in [0.15, 0.2) is 24.5 Å². The molecule has 2 atom stereocenters. The van der Waals surface area contributed by atoms with Gasteiger partial charge >= 0.3 is 0 Å². The van der Waals surface area contributed by atoms with Gasteiger partial charge in [-0.3, -0.25) is 9.88 Å². The fourth-order valence-corrected chi connectivity index (χ4v) is 3.81. The lowest BCUT2D eigenvalue weighted by Crippen LogP contribution is -2.52. The maximum atomic E-state index is 4.37. The second-order valence-electron chi connectivity index (χ2n) is 6.87. The van der Waals surface area contributed by atoms with Crippen molar-refractivity contribution in [2.75, 3.05) is 39.3 Å². The number of pyridine rings is 1. The second kappa shape index (κ2) is 8.04. The standard InChI is InChI=1S/C18H30N4/c1-16-14-22(12-9-20-16)18(17-7-6-8-19-13-17)15-21-10-4-2-3-5-11-21/h6-8,13,16,18,20H,2-5,9-12,14-15H2,1H3. The summed E-state index contributed by atoms with van der Waals surface area (Å²) in [6, 6.07) is 5.40. The van der Waals surface area contributed by atoms with Crippen molar-refractivity contribution in [3.63, 3.8) is 0 Å². The predicted molar refractivity (Wildman–Crippen MR) is 90.9 cm³/mol. The minimum atomic E-state index is 0.483. The summed E-state index contributed by atoms with van der Waals surface area (Å²) >= 11 is 0. The highest BCUT2D eigenvalue weighted by Crippen LogP contribution is 2.24. The summed E-state index contributed by atoms with van der Waals surface area (Å²) in [4.78, 5) is 9.70. The maximum Gasteiger partial charge on any atom is 0.0491 e. The van der Waals surface area contributed by atoms with Gasteiger partial charge in [0, 0.05) is 50.7 Å². The summed E-state index contributed by atoms with van der Waals surface area (Å²) in [6.07, 6.45) is 9.47. The first-order valence-electron chi connectivity index (χ1n) is 8.92. The fourth-order valence-electron chi connectivity index (χ4n) is 3.81. The zero-order valence-corrected chi connectivity index (χ0v) is 13.9. The van der Waals surface area contributed by atoms with Crippen LogP contribution in [0.25, 0.3) is 0 Å². The lowest BCUT2D eigenvalue weighted by molar-refractivity contribution is 0.110. The van der Waals surface area contributed by atoms with Gasteiger partial charge in [0.05, 0.1) is 0 Å². The molecule has 4 heteroatoms. The molecule has 2 saturated heterocycles. The molecular weight excluding hydrogens is 272 g/mol. The SMILES string of the molecule is CC1CN(C(CN2CCCCCC2)c2cccnc2)CCN1. The summed E-state index contributed by atoms with van der Waals surface area (Å²) in [5.41, 5.74) is 1.38. The molecule has 0 aliphatic carbocycles. The number of aromatic nitrogens is 1. The maximum absolute atomic E-state index is 4.37. The van der Waals surface area contributed by atoms with Gasteiger partial charge in [0.2, 0.25) is 0 Å². The van der Waals surface area contributed by atoms with E-state index in [1.807, 2.05) is 6.20 Å². The highest BCUT2D eigenvalue weighted by atomic mass is 15.3. The van der Waals surface area contributed by atoms with Crippen LogP contribution in [-0.4, -0.2) is 60.1 Å². The zero-order valence-electron chi connectivity index (χ0n) is 13.9. The molecule has 2 aliphatic heterocycles. The summed E-state index contributed by atoms with van der Waals surface area (Å²) < 4.78 is 0. The number of piperazine rings is 1. The Bertz CT molecular complexity index is 428. The van der Waals surface area contributed by atoms with Crippen LogP contribution in [0.5, 0.6) is 0 Å². The Morgan fingerprint density at radius 3 is 2.73 bits per heavy atom. The van der Waals surface area contributed by atoms with E-state index < -0.39 is 0 Å². The monoisotopic (exact) mass is 302 g/mol. The minimum absolute atomic E-state index is 0.483. The molecule has 1 aromatic rings. The average molecular weight is 302 g/mol. The molecule has 1 aromatic heterocycles. The van der Waals surface area contributed by atoms with Gasteiger partial charge in [-0.1, -0.05) is 18.9 Å². The molecular formula is C18H30N4. The highest BCUT2D eigenvalue weighted by Gasteiger charge is 2.27. The van der Waals surface area contributed by atoms with Crippen LogP contribution in [0.1, 0.15) is 44.2 Å². The summed E-state index contributed by atoms with van der Waals surface area (Å²) in [7, 11) is 0. The average Bonchev–Trinajstić information content (AvgIpc) is 2.82. The number of likely N-dealkylation sites (tertiary alicyclic amines) is 1. The lowest BCUT2D eigenvalue weighted by atomic mass is 10.0. The molecule has 2 aliphatic rings. The van der Waals surface area contributed by atoms with Gasteiger partial charge in [0.25, 0.3) is 0 Å². The van der Waals surface area contributed by atoms with Gasteiger partial charge in [-0.05, 0) is 44.5 Å². The summed E-state index contributed by atoms with van der Waals surface area (Å²) in [6.45, 7) is 9.33. The third kappa shape index (κ3) is 4.28. The van der Waals surface area contributed by atoms with Gasteiger partial charge in [-0.15, -0.1) is 0 Å². The summed E-state index contributed by atoms with van der Waals surface area (Å²) in [5, 5.41) is 3.56. The molecule has 0 saturated carbocycles. The molecule has 4 nitrogen and oxygen atoms in total. The molecule has 0 amide bonds. The Morgan fingerprint density at radius 1 is 1.23 bits per heavy atom. The first-order chi connectivity index (χ1) is 10.8. The summed E-state index contributed by atoms with van der Waals surface area (Å²) in [5.74, 6) is 0. The van der Waals surface area contributed by atoms with E-state index in [4.69, 9.17) is 0 Å². The number of hydrogen-bond donors (Lipinski definition) is 1. The van der Waals surface area contributed by atoms with Crippen LogP contribution in [0, 0.1) is 0 Å². The molecule has 122 valence electrons. The van der Waals surface area contributed by atoms with E-state index in [1.165, 1.54) is 44.3 Å². The number of hydrogen-bond acceptors (Lipinski definition) is 4. The molecule has 0 spiro atoms. The lowest BCUT2D eigenvalue weighted by Gasteiger charge is -2.40. The molecule has 0 aromatic carbocycles. The molecule has 22 heavy (non-hydrogen) atoms. The van der Waals surface area contributed by atoms with Crippen molar-refractivity contribution in [2.24, 2.45) is 0 Å². The van der Waals surface area contributed by atoms with Crippen LogP contribution >= 0.6 is 0 Å². The van der Waals surface area contributed by atoms with Crippen LogP contribution in [0.3, 0.4) is 0 Å². The minimum Gasteiger partial charge on any atom is -0.312 e. The first-order valence-corrected chi connectivity index (χ1v) is 8.92. The van der Waals surface area contributed by atoms with Crippen molar-refractivity contribution in [3.8, 4) is 0 Å². The van der Waals surface area contributed by atoms with E-state index in [0.29, 0.717) is 12.1 Å². The number of nitrogens with zero attached hydrogens (tertiary/aromatic N) is 3. The smallest absolute Gasteiger partial charge is 0.0491 e.